The van der Waals surface area contributed by atoms with Gasteiger partial charge < -0.3 is 9.47 Å². The second-order valence-corrected chi connectivity index (χ2v) is 6.94. The first-order valence-corrected chi connectivity index (χ1v) is 9.42. The summed E-state index contributed by atoms with van der Waals surface area (Å²) in [7, 11) is 0. The number of rotatable bonds is 9. The van der Waals surface area contributed by atoms with Crippen molar-refractivity contribution in [3.63, 3.8) is 0 Å². The molecule has 1 aromatic heterocycles. The van der Waals surface area contributed by atoms with Crippen molar-refractivity contribution in [3.05, 3.63) is 35.9 Å². The molecule has 0 spiro atoms. The summed E-state index contributed by atoms with van der Waals surface area (Å²) in [6.45, 7) is -0.852. The first-order valence-electron chi connectivity index (χ1n) is 7.62. The van der Waals surface area contributed by atoms with Gasteiger partial charge in [0.1, 0.15) is 5.75 Å². The average Bonchev–Trinajstić information content (AvgIpc) is 3.06. The van der Waals surface area contributed by atoms with E-state index in [0.29, 0.717) is 16.5 Å². The van der Waals surface area contributed by atoms with Crippen LogP contribution in [0.25, 0.3) is 6.08 Å². The number of esters is 1. The fourth-order valence-corrected chi connectivity index (χ4v) is 3.27. The van der Waals surface area contributed by atoms with Crippen molar-refractivity contribution >= 4 is 46.2 Å². The highest BCUT2D eigenvalue weighted by molar-refractivity contribution is 8.01. The van der Waals surface area contributed by atoms with Crippen molar-refractivity contribution < 1.29 is 27.8 Å². The van der Waals surface area contributed by atoms with Crippen LogP contribution in [0.4, 0.5) is 13.9 Å². The van der Waals surface area contributed by atoms with Gasteiger partial charge in [-0.25, -0.2) is 0 Å². The molecule has 1 heterocycles. The number of ether oxygens (including phenoxy) is 2. The zero-order chi connectivity index (χ0) is 19.6. The van der Waals surface area contributed by atoms with Crippen molar-refractivity contribution in [3.8, 4) is 5.75 Å². The molecule has 7 nitrogen and oxygen atoms in total. The maximum Gasteiger partial charge on any atom is 0.387 e. The number of carbonyl (C=O) groups excluding carboxylic acids is 2. The van der Waals surface area contributed by atoms with Gasteiger partial charge in [-0.05, 0) is 30.7 Å². The monoisotopic (exact) mass is 415 g/mol. The Morgan fingerprint density at radius 3 is 2.70 bits per heavy atom. The molecule has 1 aromatic carbocycles. The van der Waals surface area contributed by atoms with E-state index in [1.165, 1.54) is 48.2 Å². The normalized spacial score (nSPS) is 11.0. The first kappa shape index (κ1) is 20.8. The van der Waals surface area contributed by atoms with Gasteiger partial charge in [-0.1, -0.05) is 35.2 Å². The summed E-state index contributed by atoms with van der Waals surface area (Å²) in [6.07, 6.45) is 2.79. The fourth-order valence-electron chi connectivity index (χ4n) is 1.72. The number of aromatic nitrogens is 2. The van der Waals surface area contributed by atoms with Gasteiger partial charge in [0, 0.05) is 6.08 Å². The van der Waals surface area contributed by atoms with Gasteiger partial charge in [0.2, 0.25) is 11.0 Å². The number of anilines is 1. The predicted octanol–water partition coefficient (Wildman–Crippen LogP) is 3.45. The lowest BCUT2D eigenvalue weighted by Crippen LogP contribution is -2.07. The topological polar surface area (TPSA) is 90.4 Å². The number of carbonyl (C=O) groups is 2. The molecule has 0 saturated heterocycles. The van der Waals surface area contributed by atoms with E-state index in [-0.39, 0.29) is 22.6 Å². The summed E-state index contributed by atoms with van der Waals surface area (Å²) in [6, 6.07) is 5.83. The molecule has 0 atom stereocenters. The molecule has 11 heteroatoms. The molecule has 0 bridgehead atoms. The van der Waals surface area contributed by atoms with Crippen LogP contribution in [0.15, 0.2) is 34.7 Å². The zero-order valence-corrected chi connectivity index (χ0v) is 15.7. The highest BCUT2D eigenvalue weighted by Crippen LogP contribution is 2.25. The first-order chi connectivity index (χ1) is 13.0. The number of alkyl halides is 2. The highest BCUT2D eigenvalue weighted by atomic mass is 32.2. The Hall–Kier alpha value is -2.53. The van der Waals surface area contributed by atoms with E-state index in [1.807, 2.05) is 0 Å². The van der Waals surface area contributed by atoms with Gasteiger partial charge in [-0.2, -0.15) is 8.78 Å². The minimum Gasteiger partial charge on any atom is -0.465 e. The van der Waals surface area contributed by atoms with Crippen LogP contribution in [0.2, 0.25) is 0 Å². The summed E-state index contributed by atoms with van der Waals surface area (Å²) in [5.41, 5.74) is 0.634. The Bertz CT molecular complexity index is 797. The van der Waals surface area contributed by atoms with Gasteiger partial charge in [0.05, 0.1) is 12.4 Å². The molecule has 1 amide bonds. The summed E-state index contributed by atoms with van der Waals surface area (Å²) >= 11 is 2.30. The van der Waals surface area contributed by atoms with Crippen molar-refractivity contribution in [1.29, 1.82) is 0 Å². The molecule has 2 rings (SSSR count). The molecule has 0 radical (unpaired) electrons. The molecule has 2 aromatic rings. The van der Waals surface area contributed by atoms with E-state index in [4.69, 9.17) is 4.74 Å². The number of hydrogen-bond acceptors (Lipinski definition) is 8. The maximum absolute atomic E-state index is 12.1. The third-order valence-corrected chi connectivity index (χ3v) is 4.73. The Kier molecular flexibility index (Phi) is 8.14. The molecule has 27 heavy (non-hydrogen) atoms. The zero-order valence-electron chi connectivity index (χ0n) is 14.1. The van der Waals surface area contributed by atoms with Crippen molar-refractivity contribution in [1.82, 2.24) is 10.2 Å². The van der Waals surface area contributed by atoms with E-state index in [1.54, 1.807) is 6.92 Å². The molecule has 1 N–H and O–H groups in total. The van der Waals surface area contributed by atoms with Crippen LogP contribution in [-0.4, -0.2) is 41.0 Å². The SMILES string of the molecule is CCOC(=O)CSc1nnc(NC(=O)/C=C/c2ccc(OC(F)F)cc2)s1. The molecule has 144 valence electrons. The van der Waals surface area contributed by atoms with Crippen molar-refractivity contribution in [2.24, 2.45) is 0 Å². The van der Waals surface area contributed by atoms with Crippen LogP contribution in [0.3, 0.4) is 0 Å². The van der Waals surface area contributed by atoms with Gasteiger partial charge in [0.25, 0.3) is 0 Å². The van der Waals surface area contributed by atoms with Crippen LogP contribution in [0, 0.1) is 0 Å². The molecule has 0 saturated carbocycles. The average molecular weight is 415 g/mol. The smallest absolute Gasteiger partial charge is 0.387 e. The third kappa shape index (κ3) is 7.71. The van der Waals surface area contributed by atoms with Crippen LogP contribution in [0.5, 0.6) is 5.75 Å². The number of benzene rings is 1. The molecular weight excluding hydrogens is 400 g/mol. The number of thioether (sulfide) groups is 1. The largest absolute Gasteiger partial charge is 0.465 e. The molecule has 0 aliphatic carbocycles. The van der Waals surface area contributed by atoms with Crippen LogP contribution in [0.1, 0.15) is 12.5 Å². The number of amides is 1. The predicted molar refractivity (Wildman–Crippen MR) is 98.0 cm³/mol. The van der Waals surface area contributed by atoms with Crippen LogP contribution in [-0.2, 0) is 14.3 Å². The summed E-state index contributed by atoms with van der Waals surface area (Å²) < 4.78 is 33.7. The second-order valence-electron chi connectivity index (χ2n) is 4.74. The summed E-state index contributed by atoms with van der Waals surface area (Å²) in [5.74, 6) is -0.632. The lowest BCUT2D eigenvalue weighted by molar-refractivity contribution is -0.139. The van der Waals surface area contributed by atoms with E-state index in [2.05, 4.69) is 20.3 Å². The molecule has 0 aliphatic rings. The summed E-state index contributed by atoms with van der Waals surface area (Å²) in [4.78, 5) is 23.2. The lowest BCUT2D eigenvalue weighted by atomic mass is 10.2. The standard InChI is InChI=1S/C16H15F2N3O4S2/c1-2-24-13(23)9-26-16-21-20-15(27-16)19-12(22)8-5-10-3-6-11(7-4-10)25-14(17)18/h3-8,14H,2,9H2,1H3,(H,19,20,22)/b8-5+. The molecule has 0 aliphatic heterocycles. The molecule has 0 unspecified atom stereocenters. The Labute approximate surface area is 161 Å². The van der Waals surface area contributed by atoms with Crippen molar-refractivity contribution in [2.75, 3.05) is 17.7 Å². The fraction of sp³-hybridized carbons (Fsp3) is 0.250. The van der Waals surface area contributed by atoms with E-state index < -0.39 is 12.5 Å². The Morgan fingerprint density at radius 1 is 1.30 bits per heavy atom. The van der Waals surface area contributed by atoms with E-state index >= 15 is 0 Å². The number of hydrogen-bond donors (Lipinski definition) is 1. The Balaban J connectivity index is 1.83. The van der Waals surface area contributed by atoms with Gasteiger partial charge in [0.15, 0.2) is 4.34 Å². The van der Waals surface area contributed by atoms with Crippen molar-refractivity contribution in [2.45, 2.75) is 17.9 Å². The maximum atomic E-state index is 12.1. The molecular formula is C16H15F2N3O4S2. The van der Waals surface area contributed by atoms with Crippen LogP contribution >= 0.6 is 23.1 Å². The quantitative estimate of drug-likeness (QED) is 0.290. The number of halogens is 2. The Morgan fingerprint density at radius 2 is 2.04 bits per heavy atom. The van der Waals surface area contributed by atoms with Gasteiger partial charge >= 0.3 is 12.6 Å². The second kappa shape index (κ2) is 10.6. The number of nitrogens with one attached hydrogen (secondary N) is 1. The van der Waals surface area contributed by atoms with E-state index in [0.717, 1.165) is 11.3 Å². The van der Waals surface area contributed by atoms with Crippen LogP contribution < -0.4 is 10.1 Å². The summed E-state index contributed by atoms with van der Waals surface area (Å²) in [5, 5.41) is 10.5. The minimum atomic E-state index is -2.88. The molecule has 0 fully saturated rings. The third-order valence-electron chi connectivity index (χ3n) is 2.79. The minimum absolute atomic E-state index is 0.0355. The highest BCUT2D eigenvalue weighted by Gasteiger charge is 2.10. The van der Waals surface area contributed by atoms with E-state index in [9.17, 15) is 18.4 Å². The van der Waals surface area contributed by atoms with Gasteiger partial charge in [-0.15, -0.1) is 10.2 Å². The van der Waals surface area contributed by atoms with Gasteiger partial charge in [-0.3, -0.25) is 14.9 Å². The lowest BCUT2D eigenvalue weighted by Gasteiger charge is -2.03. The number of nitrogens with zero attached hydrogens (tertiary/aromatic N) is 2.